The standard InChI is InChI=1S/C28H51N5O2/c34-27(22-33(19-25-11-4-7-15-30-25)20-26-12-5-8-16-31-26)21-32(18-24-10-3-6-14-29-24)17-23-9-1-2-13-28(23)35/h3,6,10,23,25-31,34-35H,1-2,4-5,7-9,11-22H2. The van der Waals surface area contributed by atoms with Crippen molar-refractivity contribution in [3.05, 3.63) is 23.9 Å². The third kappa shape index (κ3) is 9.45. The summed E-state index contributed by atoms with van der Waals surface area (Å²) in [7, 11) is 0. The molecule has 35 heavy (non-hydrogen) atoms. The molecule has 0 spiro atoms. The summed E-state index contributed by atoms with van der Waals surface area (Å²) in [6.45, 7) is 8.18. The van der Waals surface area contributed by atoms with E-state index in [0.29, 0.717) is 31.1 Å². The summed E-state index contributed by atoms with van der Waals surface area (Å²) in [6.07, 6.45) is 17.8. The van der Waals surface area contributed by atoms with Gasteiger partial charge in [0.15, 0.2) is 0 Å². The third-order valence-corrected chi connectivity index (χ3v) is 8.36. The maximum atomic E-state index is 11.3. The number of aliphatic hydroxyl groups is 2. The zero-order valence-electron chi connectivity index (χ0n) is 21.8. The number of piperidine rings is 2. The predicted molar refractivity (Wildman–Crippen MR) is 143 cm³/mol. The van der Waals surface area contributed by atoms with Gasteiger partial charge in [0, 0.05) is 63.6 Å². The highest BCUT2D eigenvalue weighted by molar-refractivity contribution is 5.18. The van der Waals surface area contributed by atoms with Crippen molar-refractivity contribution in [3.8, 4) is 0 Å². The van der Waals surface area contributed by atoms with Gasteiger partial charge in [-0.15, -0.1) is 0 Å². The Kier molecular flexibility index (Phi) is 11.4. The molecule has 4 aliphatic rings. The van der Waals surface area contributed by atoms with Gasteiger partial charge in [-0.1, -0.05) is 37.8 Å². The molecule has 2 saturated heterocycles. The fourth-order valence-corrected chi connectivity index (χ4v) is 6.45. The molecule has 1 aliphatic carbocycles. The van der Waals surface area contributed by atoms with Crippen LogP contribution in [0.15, 0.2) is 23.9 Å². The maximum Gasteiger partial charge on any atom is 0.0793 e. The monoisotopic (exact) mass is 489 g/mol. The van der Waals surface area contributed by atoms with Crippen molar-refractivity contribution in [2.24, 2.45) is 5.92 Å². The van der Waals surface area contributed by atoms with Crippen molar-refractivity contribution in [1.29, 1.82) is 0 Å². The topological polar surface area (TPSA) is 83.0 Å². The van der Waals surface area contributed by atoms with Crippen LogP contribution >= 0.6 is 0 Å². The SMILES string of the molecule is OC(CN(CC1CCCCN1)CC1CCCCN1)CN(CC1=CC=CCN1)CC1CCCCC1O. The normalized spacial score (nSPS) is 30.8. The van der Waals surface area contributed by atoms with Gasteiger partial charge < -0.3 is 26.2 Å². The third-order valence-electron chi connectivity index (χ3n) is 8.36. The highest BCUT2D eigenvalue weighted by atomic mass is 16.3. The molecule has 3 fully saturated rings. The van der Waals surface area contributed by atoms with Crippen molar-refractivity contribution in [3.63, 3.8) is 0 Å². The minimum atomic E-state index is -0.400. The van der Waals surface area contributed by atoms with Crippen molar-refractivity contribution >= 4 is 0 Å². The Morgan fingerprint density at radius 1 is 0.829 bits per heavy atom. The largest absolute Gasteiger partial charge is 0.393 e. The number of rotatable bonds is 12. The first kappa shape index (κ1) is 27.1. The van der Waals surface area contributed by atoms with Gasteiger partial charge in [0.1, 0.15) is 0 Å². The molecule has 0 radical (unpaired) electrons. The minimum Gasteiger partial charge on any atom is -0.393 e. The first-order valence-corrected chi connectivity index (χ1v) is 14.5. The number of nitrogens with one attached hydrogen (secondary N) is 3. The lowest BCUT2D eigenvalue weighted by Gasteiger charge is -2.37. The molecule has 0 aromatic rings. The van der Waals surface area contributed by atoms with Crippen molar-refractivity contribution in [1.82, 2.24) is 25.8 Å². The molecule has 5 N–H and O–H groups in total. The lowest BCUT2D eigenvalue weighted by Crippen LogP contribution is -2.52. The van der Waals surface area contributed by atoms with Crippen LogP contribution in [0.1, 0.15) is 64.2 Å². The van der Waals surface area contributed by atoms with E-state index in [4.69, 9.17) is 0 Å². The first-order valence-electron chi connectivity index (χ1n) is 14.5. The van der Waals surface area contributed by atoms with Gasteiger partial charge in [-0.05, 0) is 63.6 Å². The summed E-state index contributed by atoms with van der Waals surface area (Å²) >= 11 is 0. The van der Waals surface area contributed by atoms with E-state index < -0.39 is 6.10 Å². The zero-order valence-corrected chi connectivity index (χ0v) is 21.8. The van der Waals surface area contributed by atoms with E-state index in [1.54, 1.807) is 0 Å². The molecule has 5 atom stereocenters. The zero-order chi connectivity index (χ0) is 24.3. The summed E-state index contributed by atoms with van der Waals surface area (Å²) in [5.74, 6) is 0.310. The average Bonchev–Trinajstić information content (AvgIpc) is 2.87. The molecule has 0 bridgehead atoms. The molecule has 1 saturated carbocycles. The Balaban J connectivity index is 1.36. The minimum absolute atomic E-state index is 0.206. The van der Waals surface area contributed by atoms with Crippen molar-refractivity contribution in [2.45, 2.75) is 88.5 Å². The fourth-order valence-electron chi connectivity index (χ4n) is 6.45. The van der Waals surface area contributed by atoms with Crippen LogP contribution in [-0.2, 0) is 0 Å². The molecule has 3 aliphatic heterocycles. The molecular formula is C28H51N5O2. The van der Waals surface area contributed by atoms with Gasteiger partial charge in [-0.3, -0.25) is 9.80 Å². The van der Waals surface area contributed by atoms with Gasteiger partial charge in [0.05, 0.1) is 12.2 Å². The first-order chi connectivity index (χ1) is 17.2. The second kappa shape index (κ2) is 14.7. The molecular weight excluding hydrogens is 438 g/mol. The Hall–Kier alpha value is -0.960. The van der Waals surface area contributed by atoms with E-state index in [2.05, 4.69) is 44.0 Å². The summed E-state index contributed by atoms with van der Waals surface area (Å²) < 4.78 is 0. The van der Waals surface area contributed by atoms with Gasteiger partial charge in [0.25, 0.3) is 0 Å². The number of aliphatic hydroxyl groups excluding tert-OH is 2. The number of allylic oxidation sites excluding steroid dienone is 2. The smallest absolute Gasteiger partial charge is 0.0793 e. The predicted octanol–water partition coefficient (Wildman–Crippen LogP) is 1.83. The Morgan fingerprint density at radius 2 is 1.49 bits per heavy atom. The van der Waals surface area contributed by atoms with E-state index in [1.807, 2.05) is 0 Å². The van der Waals surface area contributed by atoms with Crippen molar-refractivity contribution in [2.75, 3.05) is 58.9 Å². The molecule has 7 nitrogen and oxygen atoms in total. The fraction of sp³-hybridized carbons (Fsp3) is 0.857. The summed E-state index contributed by atoms with van der Waals surface area (Å²) in [4.78, 5) is 4.91. The number of dihydropyridines is 1. The average molecular weight is 490 g/mol. The Labute approximate surface area is 213 Å². The Morgan fingerprint density at radius 3 is 2.09 bits per heavy atom. The molecule has 4 rings (SSSR count). The lowest BCUT2D eigenvalue weighted by molar-refractivity contribution is 0.0258. The highest BCUT2D eigenvalue weighted by Gasteiger charge is 2.28. The van der Waals surface area contributed by atoms with Crippen LogP contribution in [0.25, 0.3) is 0 Å². The van der Waals surface area contributed by atoms with E-state index in [0.717, 1.165) is 65.1 Å². The number of nitrogens with zero attached hydrogens (tertiary/aromatic N) is 2. The van der Waals surface area contributed by atoms with Gasteiger partial charge >= 0.3 is 0 Å². The molecule has 0 amide bonds. The number of hydrogen-bond acceptors (Lipinski definition) is 7. The van der Waals surface area contributed by atoms with Crippen molar-refractivity contribution < 1.29 is 10.2 Å². The van der Waals surface area contributed by atoms with Gasteiger partial charge in [0.2, 0.25) is 0 Å². The van der Waals surface area contributed by atoms with Crippen LogP contribution in [0.4, 0.5) is 0 Å². The molecule has 200 valence electrons. The molecule has 0 aromatic heterocycles. The van der Waals surface area contributed by atoms with E-state index in [1.165, 1.54) is 50.6 Å². The summed E-state index contributed by atoms with van der Waals surface area (Å²) in [6, 6.07) is 1.08. The maximum absolute atomic E-state index is 11.3. The van der Waals surface area contributed by atoms with Gasteiger partial charge in [-0.25, -0.2) is 0 Å². The summed E-state index contributed by atoms with van der Waals surface area (Å²) in [5, 5.41) is 32.9. The molecule has 7 heteroatoms. The second-order valence-corrected chi connectivity index (χ2v) is 11.5. The quantitative estimate of drug-likeness (QED) is 0.286. The van der Waals surface area contributed by atoms with Crippen LogP contribution in [-0.4, -0.2) is 103 Å². The van der Waals surface area contributed by atoms with Crippen LogP contribution < -0.4 is 16.0 Å². The number of hydrogen-bond donors (Lipinski definition) is 5. The Bertz CT molecular complexity index is 640. The van der Waals surface area contributed by atoms with E-state index >= 15 is 0 Å². The highest BCUT2D eigenvalue weighted by Crippen LogP contribution is 2.25. The van der Waals surface area contributed by atoms with Crippen LogP contribution in [0.5, 0.6) is 0 Å². The van der Waals surface area contributed by atoms with Crippen LogP contribution in [0.2, 0.25) is 0 Å². The molecule has 3 heterocycles. The van der Waals surface area contributed by atoms with Crippen LogP contribution in [0.3, 0.4) is 0 Å². The summed E-state index contributed by atoms with van der Waals surface area (Å²) in [5.41, 5.74) is 1.21. The lowest BCUT2D eigenvalue weighted by atomic mass is 9.86. The molecule has 0 aromatic carbocycles. The second-order valence-electron chi connectivity index (χ2n) is 11.5. The van der Waals surface area contributed by atoms with Crippen LogP contribution in [0, 0.1) is 5.92 Å². The van der Waals surface area contributed by atoms with E-state index in [9.17, 15) is 10.2 Å². The van der Waals surface area contributed by atoms with Gasteiger partial charge in [-0.2, -0.15) is 0 Å². The van der Waals surface area contributed by atoms with E-state index in [-0.39, 0.29) is 6.10 Å². The molecule has 5 unspecified atom stereocenters.